The monoisotopic (exact) mass is 295 g/mol. The standard InChI is InChI=1S/C14H18ClN3O2/c1-7(2)9-6-10(18-16)12-13(17-9)11(19-3)5-8(15)14(12)20-4/h5-7H,16H2,1-4H3,(H,17,18). The number of hydrogen-bond donors (Lipinski definition) is 2. The summed E-state index contributed by atoms with van der Waals surface area (Å²) in [5.41, 5.74) is 4.97. The first-order valence-corrected chi connectivity index (χ1v) is 6.63. The number of hydrazine groups is 1. The molecule has 0 spiro atoms. The number of benzene rings is 1. The third kappa shape index (κ3) is 2.34. The van der Waals surface area contributed by atoms with E-state index in [1.54, 1.807) is 20.3 Å². The van der Waals surface area contributed by atoms with Gasteiger partial charge in [-0.3, -0.25) is 5.84 Å². The van der Waals surface area contributed by atoms with Crippen LogP contribution in [0.2, 0.25) is 5.02 Å². The highest BCUT2D eigenvalue weighted by Gasteiger charge is 2.18. The van der Waals surface area contributed by atoms with Gasteiger partial charge in [-0.05, 0) is 12.0 Å². The van der Waals surface area contributed by atoms with Crippen molar-refractivity contribution in [1.82, 2.24) is 4.98 Å². The average Bonchev–Trinajstić information content (AvgIpc) is 2.45. The van der Waals surface area contributed by atoms with Gasteiger partial charge in [0.2, 0.25) is 0 Å². The Morgan fingerprint density at radius 3 is 2.45 bits per heavy atom. The minimum Gasteiger partial charge on any atom is -0.494 e. The van der Waals surface area contributed by atoms with Crippen LogP contribution in [0.1, 0.15) is 25.5 Å². The van der Waals surface area contributed by atoms with E-state index in [0.717, 1.165) is 5.69 Å². The van der Waals surface area contributed by atoms with Gasteiger partial charge in [-0.15, -0.1) is 0 Å². The van der Waals surface area contributed by atoms with Crippen LogP contribution >= 0.6 is 11.6 Å². The van der Waals surface area contributed by atoms with Crippen LogP contribution in [-0.4, -0.2) is 19.2 Å². The fourth-order valence-electron chi connectivity index (χ4n) is 2.11. The lowest BCUT2D eigenvalue weighted by molar-refractivity contribution is 0.410. The first-order valence-electron chi connectivity index (χ1n) is 6.25. The molecule has 0 aliphatic carbocycles. The SMILES string of the molecule is COc1cc(Cl)c(OC)c2c(NN)cc(C(C)C)nc12. The van der Waals surface area contributed by atoms with Crippen molar-refractivity contribution in [2.24, 2.45) is 5.84 Å². The summed E-state index contributed by atoms with van der Waals surface area (Å²) >= 11 is 6.22. The molecule has 0 saturated carbocycles. The summed E-state index contributed by atoms with van der Waals surface area (Å²) in [7, 11) is 3.14. The number of rotatable bonds is 4. The molecular weight excluding hydrogens is 278 g/mol. The van der Waals surface area contributed by atoms with E-state index in [2.05, 4.69) is 24.3 Å². The van der Waals surface area contributed by atoms with Crippen LogP contribution in [0.3, 0.4) is 0 Å². The molecule has 0 radical (unpaired) electrons. The molecule has 20 heavy (non-hydrogen) atoms. The molecular formula is C14H18ClN3O2. The number of nitrogen functional groups attached to an aromatic ring is 1. The van der Waals surface area contributed by atoms with Crippen molar-refractivity contribution in [3.05, 3.63) is 22.8 Å². The molecule has 0 amide bonds. The van der Waals surface area contributed by atoms with Crippen LogP contribution in [0.25, 0.3) is 10.9 Å². The van der Waals surface area contributed by atoms with Crippen LogP contribution in [0.4, 0.5) is 5.69 Å². The zero-order valence-corrected chi connectivity index (χ0v) is 12.7. The zero-order valence-electron chi connectivity index (χ0n) is 12.0. The van der Waals surface area contributed by atoms with Crippen molar-refractivity contribution in [2.45, 2.75) is 19.8 Å². The van der Waals surface area contributed by atoms with E-state index in [-0.39, 0.29) is 5.92 Å². The third-order valence-electron chi connectivity index (χ3n) is 3.15. The number of methoxy groups -OCH3 is 2. The Morgan fingerprint density at radius 1 is 1.25 bits per heavy atom. The summed E-state index contributed by atoms with van der Waals surface area (Å²) in [6, 6.07) is 3.59. The van der Waals surface area contributed by atoms with Crippen molar-refractivity contribution in [1.29, 1.82) is 0 Å². The molecule has 3 N–H and O–H groups in total. The summed E-state index contributed by atoms with van der Waals surface area (Å²) < 4.78 is 10.7. The van der Waals surface area contributed by atoms with Crippen LogP contribution in [0.15, 0.2) is 12.1 Å². The molecule has 5 nitrogen and oxygen atoms in total. The van der Waals surface area contributed by atoms with Crippen molar-refractivity contribution in [2.75, 3.05) is 19.6 Å². The Kier molecular flexibility index (Phi) is 4.20. The third-order valence-corrected chi connectivity index (χ3v) is 3.43. The normalized spacial score (nSPS) is 10.9. The smallest absolute Gasteiger partial charge is 0.149 e. The van der Waals surface area contributed by atoms with Gasteiger partial charge in [0.25, 0.3) is 0 Å². The van der Waals surface area contributed by atoms with Gasteiger partial charge in [0.15, 0.2) is 0 Å². The number of nitrogens with two attached hydrogens (primary N) is 1. The molecule has 1 aromatic heterocycles. The molecule has 108 valence electrons. The number of pyridine rings is 1. The number of nitrogens with one attached hydrogen (secondary N) is 1. The minimum absolute atomic E-state index is 0.262. The highest BCUT2D eigenvalue weighted by Crippen LogP contribution is 2.42. The fourth-order valence-corrected chi connectivity index (χ4v) is 2.38. The maximum absolute atomic E-state index is 6.22. The highest BCUT2D eigenvalue weighted by atomic mass is 35.5. The second-order valence-corrected chi connectivity index (χ2v) is 5.12. The van der Waals surface area contributed by atoms with Gasteiger partial charge in [-0.1, -0.05) is 25.4 Å². The number of aromatic nitrogens is 1. The molecule has 0 atom stereocenters. The number of ether oxygens (including phenoxy) is 2. The predicted octanol–water partition coefficient (Wildman–Crippen LogP) is 3.31. The molecule has 1 aromatic carbocycles. The Morgan fingerprint density at radius 2 is 1.95 bits per heavy atom. The molecule has 6 heteroatoms. The first kappa shape index (κ1) is 14.7. The Bertz CT molecular complexity index is 644. The van der Waals surface area contributed by atoms with Gasteiger partial charge < -0.3 is 14.9 Å². The molecule has 2 aromatic rings. The molecule has 0 saturated heterocycles. The number of fused-ring (bicyclic) bond motifs is 1. The van der Waals surface area contributed by atoms with Crippen LogP contribution in [0.5, 0.6) is 11.5 Å². The molecule has 0 aliphatic heterocycles. The highest BCUT2D eigenvalue weighted by molar-refractivity contribution is 6.34. The number of halogens is 1. The van der Waals surface area contributed by atoms with Gasteiger partial charge in [0, 0.05) is 11.8 Å². The van der Waals surface area contributed by atoms with Gasteiger partial charge in [0.05, 0.1) is 30.3 Å². The van der Waals surface area contributed by atoms with E-state index < -0.39 is 0 Å². The zero-order chi connectivity index (χ0) is 14.9. The fraction of sp³-hybridized carbons (Fsp3) is 0.357. The molecule has 0 unspecified atom stereocenters. The Labute approximate surface area is 123 Å². The lowest BCUT2D eigenvalue weighted by Crippen LogP contribution is -2.10. The first-order chi connectivity index (χ1) is 9.53. The topological polar surface area (TPSA) is 69.4 Å². The molecule has 2 rings (SSSR count). The molecule has 0 bridgehead atoms. The Hall–Kier alpha value is -1.72. The lowest BCUT2D eigenvalue weighted by Gasteiger charge is -2.16. The summed E-state index contributed by atoms with van der Waals surface area (Å²) in [5, 5.41) is 1.16. The lowest BCUT2D eigenvalue weighted by atomic mass is 10.1. The number of anilines is 1. The van der Waals surface area contributed by atoms with Crippen LogP contribution in [0, 0.1) is 0 Å². The quantitative estimate of drug-likeness (QED) is 0.669. The van der Waals surface area contributed by atoms with Gasteiger partial charge in [-0.25, -0.2) is 4.98 Å². The van der Waals surface area contributed by atoms with Gasteiger partial charge in [-0.2, -0.15) is 0 Å². The van der Waals surface area contributed by atoms with Crippen molar-refractivity contribution < 1.29 is 9.47 Å². The second kappa shape index (κ2) is 5.73. The van der Waals surface area contributed by atoms with E-state index in [0.29, 0.717) is 33.1 Å². The van der Waals surface area contributed by atoms with E-state index in [4.69, 9.17) is 26.9 Å². The van der Waals surface area contributed by atoms with E-state index in [1.165, 1.54) is 0 Å². The van der Waals surface area contributed by atoms with E-state index in [1.807, 2.05) is 6.07 Å². The summed E-state index contributed by atoms with van der Waals surface area (Å²) in [6.45, 7) is 4.13. The molecule has 1 heterocycles. The van der Waals surface area contributed by atoms with Crippen molar-refractivity contribution >= 4 is 28.2 Å². The predicted molar refractivity (Wildman–Crippen MR) is 81.8 cm³/mol. The summed E-state index contributed by atoms with van der Waals surface area (Å²) in [5.74, 6) is 7.01. The van der Waals surface area contributed by atoms with E-state index in [9.17, 15) is 0 Å². The largest absolute Gasteiger partial charge is 0.494 e. The molecule has 0 aliphatic rings. The van der Waals surface area contributed by atoms with Crippen LogP contribution < -0.4 is 20.7 Å². The van der Waals surface area contributed by atoms with E-state index >= 15 is 0 Å². The van der Waals surface area contributed by atoms with Gasteiger partial charge >= 0.3 is 0 Å². The minimum atomic E-state index is 0.262. The number of nitrogens with zero attached hydrogens (tertiary/aromatic N) is 1. The second-order valence-electron chi connectivity index (χ2n) is 4.71. The van der Waals surface area contributed by atoms with Crippen LogP contribution in [-0.2, 0) is 0 Å². The van der Waals surface area contributed by atoms with Crippen molar-refractivity contribution in [3.8, 4) is 11.5 Å². The maximum Gasteiger partial charge on any atom is 0.149 e. The Balaban J connectivity index is 2.93. The summed E-state index contributed by atoms with van der Waals surface area (Å²) in [4.78, 5) is 4.64. The van der Waals surface area contributed by atoms with Crippen molar-refractivity contribution in [3.63, 3.8) is 0 Å². The number of hydrogen-bond acceptors (Lipinski definition) is 5. The summed E-state index contributed by atoms with van der Waals surface area (Å²) in [6.07, 6.45) is 0. The molecule has 0 fully saturated rings. The average molecular weight is 296 g/mol. The maximum atomic E-state index is 6.22. The van der Waals surface area contributed by atoms with Gasteiger partial charge in [0.1, 0.15) is 17.0 Å².